The van der Waals surface area contributed by atoms with E-state index in [1.807, 2.05) is 60.7 Å². The molecule has 2 aromatic carbocycles. The van der Waals surface area contributed by atoms with Gasteiger partial charge in [-0.25, -0.2) is 0 Å². The van der Waals surface area contributed by atoms with E-state index in [0.717, 1.165) is 10.4 Å². The third kappa shape index (κ3) is 4.46. The van der Waals surface area contributed by atoms with E-state index in [4.69, 9.17) is 9.96 Å². The van der Waals surface area contributed by atoms with Gasteiger partial charge < -0.3 is 14.3 Å². The molecule has 0 heterocycles. The van der Waals surface area contributed by atoms with Crippen LogP contribution in [0.25, 0.3) is 10.4 Å². The Morgan fingerprint density at radius 1 is 1.11 bits per heavy atom. The minimum atomic E-state index is -2.81. The van der Waals surface area contributed by atoms with Crippen LogP contribution in [-0.4, -0.2) is 38.5 Å². The van der Waals surface area contributed by atoms with Gasteiger partial charge in [0.1, 0.15) is 12.4 Å². The van der Waals surface area contributed by atoms with Crippen LogP contribution in [0.4, 0.5) is 0 Å². The zero-order chi connectivity index (χ0) is 19.9. The summed E-state index contributed by atoms with van der Waals surface area (Å²) in [6, 6.07) is 19.0. The van der Waals surface area contributed by atoms with Gasteiger partial charge in [-0.05, 0) is 20.9 Å². The summed E-state index contributed by atoms with van der Waals surface area (Å²) < 4.78 is 6.56. The topological polar surface area (TPSA) is 95.3 Å². The zero-order valence-electron chi connectivity index (χ0n) is 15.8. The third-order valence-corrected chi connectivity index (χ3v) is 9.63. The molecule has 2 aromatic rings. The molecule has 0 fully saturated rings. The number of aliphatic hydroxyl groups is 1. The van der Waals surface area contributed by atoms with Crippen LogP contribution in [-0.2, 0) is 9.22 Å². The first kappa shape index (κ1) is 20.9. The van der Waals surface area contributed by atoms with Gasteiger partial charge in [0.15, 0.2) is 0 Å². The van der Waals surface area contributed by atoms with Crippen LogP contribution in [0.3, 0.4) is 0 Å². The smallest absolute Gasteiger partial charge is 0.261 e. The Morgan fingerprint density at radius 2 is 1.59 bits per heavy atom. The number of aliphatic hydroxyl groups excluding tert-OH is 1. The Kier molecular flexibility index (Phi) is 6.93. The Labute approximate surface area is 160 Å². The number of benzene rings is 2. The van der Waals surface area contributed by atoms with Crippen LogP contribution in [0.2, 0.25) is 5.04 Å². The maximum Gasteiger partial charge on any atom is 0.261 e. The minimum absolute atomic E-state index is 0.0444. The summed E-state index contributed by atoms with van der Waals surface area (Å²) in [5.41, 5.74) is 8.79. The van der Waals surface area contributed by atoms with Crippen LogP contribution >= 0.6 is 0 Å². The molecule has 0 radical (unpaired) electrons. The van der Waals surface area contributed by atoms with Gasteiger partial charge in [0, 0.05) is 11.5 Å². The second-order valence-corrected chi connectivity index (χ2v) is 11.7. The highest BCUT2D eigenvalue weighted by Gasteiger charge is 2.50. The van der Waals surface area contributed by atoms with Crippen LogP contribution < -0.4 is 10.4 Å². The van der Waals surface area contributed by atoms with Gasteiger partial charge in [-0.1, -0.05) is 86.5 Å². The normalized spacial score (nSPS) is 14.1. The second kappa shape index (κ2) is 8.97. The summed E-state index contributed by atoms with van der Waals surface area (Å²) >= 11 is 0. The molecule has 27 heavy (non-hydrogen) atoms. The van der Waals surface area contributed by atoms with E-state index < -0.39 is 20.5 Å². The fourth-order valence-corrected chi connectivity index (χ4v) is 7.91. The standard InChI is InChI=1S/C20H25N3O3Si/c1-20(2,3)27(16-10-6-4-7-11-16,17-12-8-5-9-13-17)26-15-18(22-23-21)19(25)14-24/h4-14,18-19,25H,15H2,1-3H3/t18-,19+/m1/s1. The molecule has 6 nitrogen and oxygen atoms in total. The number of hydrogen-bond donors (Lipinski definition) is 1. The third-order valence-electron chi connectivity index (χ3n) is 4.62. The highest BCUT2D eigenvalue weighted by Crippen LogP contribution is 2.36. The number of rotatable bonds is 8. The number of nitrogens with zero attached hydrogens (tertiary/aromatic N) is 3. The molecular weight excluding hydrogens is 358 g/mol. The lowest BCUT2D eigenvalue weighted by Gasteiger charge is -2.43. The predicted molar refractivity (Wildman–Crippen MR) is 109 cm³/mol. The molecule has 0 saturated carbocycles. The quantitative estimate of drug-likeness (QED) is 0.250. The first-order chi connectivity index (χ1) is 12.9. The van der Waals surface area contributed by atoms with Crippen LogP contribution in [0, 0.1) is 0 Å². The predicted octanol–water partition coefficient (Wildman–Crippen LogP) is 2.80. The molecule has 0 spiro atoms. The molecule has 0 saturated heterocycles. The van der Waals surface area contributed by atoms with Gasteiger partial charge in [-0.3, -0.25) is 0 Å². The molecule has 0 amide bonds. The Balaban J connectivity index is 2.58. The van der Waals surface area contributed by atoms with Gasteiger partial charge in [0.25, 0.3) is 8.32 Å². The zero-order valence-corrected chi connectivity index (χ0v) is 16.8. The van der Waals surface area contributed by atoms with Gasteiger partial charge in [0.2, 0.25) is 0 Å². The van der Waals surface area contributed by atoms with Crippen molar-refractivity contribution in [1.29, 1.82) is 0 Å². The van der Waals surface area contributed by atoms with E-state index in [1.54, 1.807) is 0 Å². The van der Waals surface area contributed by atoms with Gasteiger partial charge in [0.05, 0.1) is 6.04 Å². The molecule has 142 valence electrons. The van der Waals surface area contributed by atoms with Crippen molar-refractivity contribution < 1.29 is 14.3 Å². The van der Waals surface area contributed by atoms with Crippen molar-refractivity contribution in [2.24, 2.45) is 5.11 Å². The van der Waals surface area contributed by atoms with Crippen molar-refractivity contribution in [3.05, 3.63) is 71.1 Å². The van der Waals surface area contributed by atoms with E-state index in [9.17, 15) is 9.90 Å². The van der Waals surface area contributed by atoms with Gasteiger partial charge in [-0.2, -0.15) is 0 Å². The largest absolute Gasteiger partial charge is 0.407 e. The molecule has 2 rings (SSSR count). The second-order valence-electron chi connectivity index (χ2n) is 7.37. The van der Waals surface area contributed by atoms with Crippen LogP contribution in [0.5, 0.6) is 0 Å². The average Bonchev–Trinajstić information content (AvgIpc) is 2.67. The number of aldehydes is 1. The first-order valence-corrected chi connectivity index (χ1v) is 10.7. The number of carbonyl (C=O) groups excluding carboxylic acids is 1. The lowest BCUT2D eigenvalue weighted by atomic mass is 10.2. The van der Waals surface area contributed by atoms with Gasteiger partial charge >= 0.3 is 0 Å². The number of azide groups is 1. The Morgan fingerprint density at radius 3 is 1.96 bits per heavy atom. The average molecular weight is 384 g/mol. The van der Waals surface area contributed by atoms with E-state index >= 15 is 0 Å². The summed E-state index contributed by atoms with van der Waals surface area (Å²) in [5, 5.41) is 15.4. The van der Waals surface area contributed by atoms with E-state index in [0.29, 0.717) is 6.29 Å². The van der Waals surface area contributed by atoms with Crippen molar-refractivity contribution in [2.45, 2.75) is 38.0 Å². The maximum absolute atomic E-state index is 11.0. The minimum Gasteiger partial charge on any atom is -0.407 e. The Hall–Kier alpha value is -2.44. The van der Waals surface area contributed by atoms with Crippen molar-refractivity contribution in [3.8, 4) is 0 Å². The van der Waals surface area contributed by atoms with Crippen LogP contribution in [0.15, 0.2) is 65.8 Å². The van der Waals surface area contributed by atoms with E-state index in [1.165, 1.54) is 0 Å². The molecule has 0 bridgehead atoms. The summed E-state index contributed by atoms with van der Waals surface area (Å²) in [5.74, 6) is 0. The lowest BCUT2D eigenvalue weighted by Crippen LogP contribution is -2.67. The summed E-state index contributed by atoms with van der Waals surface area (Å²) in [7, 11) is -2.81. The summed E-state index contributed by atoms with van der Waals surface area (Å²) in [6.45, 7) is 6.32. The molecular formula is C20H25N3O3Si. The molecule has 7 heteroatoms. The molecule has 2 atom stereocenters. The fourth-order valence-electron chi connectivity index (χ4n) is 3.33. The molecule has 0 aromatic heterocycles. The fraction of sp³-hybridized carbons (Fsp3) is 0.350. The highest BCUT2D eigenvalue weighted by molar-refractivity contribution is 6.99. The van der Waals surface area contributed by atoms with Crippen LogP contribution in [0.1, 0.15) is 20.8 Å². The highest BCUT2D eigenvalue weighted by atomic mass is 28.4. The van der Waals surface area contributed by atoms with Crippen molar-refractivity contribution in [3.63, 3.8) is 0 Å². The van der Waals surface area contributed by atoms with Crippen molar-refractivity contribution >= 4 is 25.0 Å². The van der Waals surface area contributed by atoms with E-state index in [2.05, 4.69) is 30.8 Å². The molecule has 0 aliphatic rings. The lowest BCUT2D eigenvalue weighted by molar-refractivity contribution is -0.116. The monoisotopic (exact) mass is 383 g/mol. The molecule has 0 unspecified atom stereocenters. The number of carbonyl (C=O) groups is 1. The first-order valence-electron chi connectivity index (χ1n) is 8.79. The van der Waals surface area contributed by atoms with Crippen molar-refractivity contribution in [2.75, 3.05) is 6.61 Å². The molecule has 1 N–H and O–H groups in total. The van der Waals surface area contributed by atoms with Crippen molar-refractivity contribution in [1.82, 2.24) is 0 Å². The maximum atomic E-state index is 11.0. The SMILES string of the molecule is CC(C)(C)[Si](OC[C@@H](N=[N+]=[N-])[C@@H](O)C=O)(c1ccccc1)c1ccccc1. The molecule has 0 aliphatic carbocycles. The van der Waals surface area contributed by atoms with E-state index in [-0.39, 0.29) is 11.6 Å². The summed E-state index contributed by atoms with van der Waals surface area (Å²) in [4.78, 5) is 13.8. The Bertz CT molecular complexity index is 748. The summed E-state index contributed by atoms with van der Waals surface area (Å²) in [6.07, 6.45) is -1.03. The number of hydrogen-bond acceptors (Lipinski definition) is 4. The van der Waals surface area contributed by atoms with Gasteiger partial charge in [-0.15, -0.1) is 0 Å². The molecule has 0 aliphatic heterocycles.